The number of hydrogen-bond donors (Lipinski definition) is 1. The molecule has 0 saturated carbocycles. The van der Waals surface area contributed by atoms with Gasteiger partial charge in [0.05, 0.1) is 5.75 Å². The highest BCUT2D eigenvalue weighted by Gasteiger charge is 2.07. The lowest BCUT2D eigenvalue weighted by Gasteiger charge is -2.06. The molecule has 0 aromatic heterocycles. The van der Waals surface area contributed by atoms with Crippen molar-refractivity contribution in [2.75, 3.05) is 10.5 Å². The zero-order valence-corrected chi connectivity index (χ0v) is 9.34. The lowest BCUT2D eigenvalue weighted by molar-refractivity contribution is 0.600. The van der Waals surface area contributed by atoms with Crippen molar-refractivity contribution in [2.45, 2.75) is 13.3 Å². The monoisotopic (exact) mass is 223 g/mol. The van der Waals surface area contributed by atoms with Crippen molar-refractivity contribution in [1.29, 1.82) is 0 Å². The Kier molecular flexibility index (Phi) is 3.75. The van der Waals surface area contributed by atoms with Crippen molar-refractivity contribution in [3.8, 4) is 12.3 Å². The molecule has 0 aliphatic rings. The van der Waals surface area contributed by atoms with Gasteiger partial charge in [0.15, 0.2) is 0 Å². The van der Waals surface area contributed by atoms with Gasteiger partial charge in [-0.3, -0.25) is 4.72 Å². The molecular formula is C11H13NO2S. The second-order valence-electron chi connectivity index (χ2n) is 3.14. The molecule has 0 fully saturated rings. The summed E-state index contributed by atoms with van der Waals surface area (Å²) in [6, 6.07) is 6.71. The van der Waals surface area contributed by atoms with Crippen LogP contribution in [-0.4, -0.2) is 14.2 Å². The summed E-state index contributed by atoms with van der Waals surface area (Å²) in [5, 5.41) is 0. The number of terminal acetylenes is 1. The van der Waals surface area contributed by atoms with Gasteiger partial charge in [-0.05, 0) is 30.7 Å². The molecule has 0 heterocycles. The Balaban J connectivity index is 2.78. The number of hydrogen-bond acceptors (Lipinski definition) is 2. The van der Waals surface area contributed by atoms with E-state index < -0.39 is 10.0 Å². The summed E-state index contributed by atoms with van der Waals surface area (Å²) in [4.78, 5) is 0. The quantitative estimate of drug-likeness (QED) is 0.791. The van der Waals surface area contributed by atoms with E-state index in [1.165, 1.54) is 0 Å². The maximum Gasteiger partial charge on any atom is 0.232 e. The number of benzene rings is 1. The molecule has 3 nitrogen and oxygen atoms in total. The second-order valence-corrected chi connectivity index (χ2v) is 4.98. The van der Waals surface area contributed by atoms with Crippen LogP contribution in [0.25, 0.3) is 0 Å². The fourth-order valence-electron chi connectivity index (χ4n) is 1.13. The van der Waals surface area contributed by atoms with Crippen molar-refractivity contribution in [1.82, 2.24) is 0 Å². The zero-order valence-electron chi connectivity index (χ0n) is 8.53. The van der Waals surface area contributed by atoms with E-state index in [-0.39, 0.29) is 5.75 Å². The van der Waals surface area contributed by atoms with Gasteiger partial charge in [0.1, 0.15) is 0 Å². The second kappa shape index (κ2) is 4.85. The SMILES string of the molecule is C#Cc1ccc(NS(=O)(=O)CCC)cc1. The molecule has 4 heteroatoms. The van der Waals surface area contributed by atoms with E-state index >= 15 is 0 Å². The Morgan fingerprint density at radius 3 is 2.40 bits per heavy atom. The van der Waals surface area contributed by atoms with Crippen molar-refractivity contribution >= 4 is 15.7 Å². The molecule has 0 spiro atoms. The third-order valence-corrected chi connectivity index (χ3v) is 3.29. The summed E-state index contributed by atoms with van der Waals surface area (Å²) in [5.74, 6) is 2.59. The van der Waals surface area contributed by atoms with Gasteiger partial charge in [-0.15, -0.1) is 6.42 Å². The average molecular weight is 223 g/mol. The smallest absolute Gasteiger partial charge is 0.232 e. The van der Waals surface area contributed by atoms with E-state index in [9.17, 15) is 8.42 Å². The summed E-state index contributed by atoms with van der Waals surface area (Å²) >= 11 is 0. The lowest BCUT2D eigenvalue weighted by atomic mass is 10.2. The fraction of sp³-hybridized carbons (Fsp3) is 0.273. The van der Waals surface area contributed by atoms with Crippen LogP contribution in [0.1, 0.15) is 18.9 Å². The molecule has 0 amide bonds. The van der Waals surface area contributed by atoms with Crippen LogP contribution >= 0.6 is 0 Å². The van der Waals surface area contributed by atoms with E-state index in [4.69, 9.17) is 6.42 Å². The lowest BCUT2D eigenvalue weighted by Crippen LogP contribution is -2.15. The van der Waals surface area contributed by atoms with Crippen molar-refractivity contribution in [3.05, 3.63) is 29.8 Å². The largest absolute Gasteiger partial charge is 0.284 e. The first-order valence-corrected chi connectivity index (χ1v) is 6.30. The molecule has 1 rings (SSSR count). The van der Waals surface area contributed by atoms with E-state index in [2.05, 4.69) is 10.6 Å². The van der Waals surface area contributed by atoms with Crippen LogP contribution in [0, 0.1) is 12.3 Å². The van der Waals surface area contributed by atoms with Gasteiger partial charge in [0, 0.05) is 11.3 Å². The highest BCUT2D eigenvalue weighted by molar-refractivity contribution is 7.92. The van der Waals surface area contributed by atoms with Crippen LogP contribution in [0.15, 0.2) is 24.3 Å². The molecule has 80 valence electrons. The summed E-state index contributed by atoms with van der Waals surface area (Å²) in [7, 11) is -3.21. The predicted octanol–water partition coefficient (Wildman–Crippen LogP) is 1.82. The van der Waals surface area contributed by atoms with Gasteiger partial charge >= 0.3 is 0 Å². The van der Waals surface area contributed by atoms with Crippen LogP contribution in [0.5, 0.6) is 0 Å². The Hall–Kier alpha value is -1.47. The summed E-state index contributed by atoms with van der Waals surface area (Å²) < 4.78 is 25.3. The Bertz CT molecular complexity index is 454. The molecular weight excluding hydrogens is 210 g/mol. The van der Waals surface area contributed by atoms with Crippen molar-refractivity contribution in [2.24, 2.45) is 0 Å². The minimum atomic E-state index is -3.21. The highest BCUT2D eigenvalue weighted by atomic mass is 32.2. The number of nitrogens with one attached hydrogen (secondary N) is 1. The Labute approximate surface area is 90.6 Å². The van der Waals surface area contributed by atoms with Crippen molar-refractivity contribution < 1.29 is 8.42 Å². The van der Waals surface area contributed by atoms with Gasteiger partial charge in [-0.1, -0.05) is 12.8 Å². The molecule has 0 unspecified atom stereocenters. The van der Waals surface area contributed by atoms with E-state index in [0.717, 1.165) is 5.56 Å². The molecule has 0 aliphatic heterocycles. The third-order valence-electron chi connectivity index (χ3n) is 1.80. The topological polar surface area (TPSA) is 46.2 Å². The van der Waals surface area contributed by atoms with E-state index in [1.54, 1.807) is 24.3 Å². The molecule has 0 bridgehead atoms. The average Bonchev–Trinajstić information content (AvgIpc) is 2.18. The van der Waals surface area contributed by atoms with Crippen molar-refractivity contribution in [3.63, 3.8) is 0 Å². The summed E-state index contributed by atoms with van der Waals surface area (Å²) in [6.07, 6.45) is 5.78. The first kappa shape index (κ1) is 11.6. The minimum Gasteiger partial charge on any atom is -0.284 e. The van der Waals surface area contributed by atoms with Gasteiger partial charge in [-0.25, -0.2) is 8.42 Å². The first-order chi connectivity index (χ1) is 7.07. The molecule has 1 aromatic rings. The van der Waals surface area contributed by atoms with Crippen LogP contribution < -0.4 is 4.72 Å². The first-order valence-electron chi connectivity index (χ1n) is 4.64. The molecule has 15 heavy (non-hydrogen) atoms. The molecule has 1 N–H and O–H groups in total. The van der Waals surface area contributed by atoms with Crippen LogP contribution in [-0.2, 0) is 10.0 Å². The standard InChI is InChI=1S/C11H13NO2S/c1-3-9-15(13,14)12-11-7-5-10(4-2)6-8-11/h2,5-8,12H,3,9H2,1H3. The van der Waals surface area contributed by atoms with Gasteiger partial charge in [-0.2, -0.15) is 0 Å². The minimum absolute atomic E-state index is 0.129. The van der Waals surface area contributed by atoms with Crippen LogP contribution in [0.2, 0.25) is 0 Å². The Morgan fingerprint density at radius 2 is 1.93 bits per heavy atom. The maximum atomic E-state index is 11.4. The number of rotatable bonds is 4. The molecule has 0 atom stereocenters. The number of sulfonamides is 1. The zero-order chi connectivity index (χ0) is 11.3. The predicted molar refractivity (Wildman–Crippen MR) is 62.1 cm³/mol. The van der Waals surface area contributed by atoms with Gasteiger partial charge in [0.25, 0.3) is 0 Å². The molecule has 0 saturated heterocycles. The van der Waals surface area contributed by atoms with E-state index in [1.807, 2.05) is 6.92 Å². The summed E-state index contributed by atoms with van der Waals surface area (Å²) in [5.41, 5.74) is 1.27. The molecule has 0 aliphatic carbocycles. The molecule has 1 aromatic carbocycles. The molecule has 0 radical (unpaired) electrons. The summed E-state index contributed by atoms with van der Waals surface area (Å²) in [6.45, 7) is 1.82. The number of anilines is 1. The normalized spacial score (nSPS) is 10.7. The van der Waals surface area contributed by atoms with Gasteiger partial charge < -0.3 is 0 Å². The van der Waals surface area contributed by atoms with Crippen LogP contribution in [0.3, 0.4) is 0 Å². The van der Waals surface area contributed by atoms with Gasteiger partial charge in [0.2, 0.25) is 10.0 Å². The van der Waals surface area contributed by atoms with E-state index in [0.29, 0.717) is 12.1 Å². The Morgan fingerprint density at radius 1 is 1.33 bits per heavy atom. The van der Waals surface area contributed by atoms with Crippen LogP contribution in [0.4, 0.5) is 5.69 Å². The highest BCUT2D eigenvalue weighted by Crippen LogP contribution is 2.11. The fourth-order valence-corrected chi connectivity index (χ4v) is 2.27. The third kappa shape index (κ3) is 3.64. The maximum absolute atomic E-state index is 11.4.